The molecule has 0 amide bonds. The molecule has 1 aliphatic rings. The molecule has 0 bridgehead atoms. The third-order valence-corrected chi connectivity index (χ3v) is 2.29. The predicted octanol–water partition coefficient (Wildman–Crippen LogP) is 0.969. The molecule has 0 aromatic carbocycles. The van der Waals surface area contributed by atoms with Crippen molar-refractivity contribution in [2.24, 2.45) is 0 Å². The first kappa shape index (κ1) is 13.8. The molecule has 1 rings (SSSR count). The van der Waals surface area contributed by atoms with Gasteiger partial charge in [-0.3, -0.25) is 4.79 Å². The Morgan fingerprint density at radius 3 is 2.44 bits per heavy atom. The fourth-order valence-corrected chi connectivity index (χ4v) is 1.46. The Morgan fingerprint density at radius 1 is 1.22 bits per heavy atom. The molecule has 3 N–H and O–H groups in total. The van der Waals surface area contributed by atoms with Gasteiger partial charge in [0.05, 0.1) is 11.6 Å². The molecule has 0 saturated heterocycles. The highest BCUT2D eigenvalue weighted by Crippen LogP contribution is 2.27. The van der Waals surface area contributed by atoms with Gasteiger partial charge in [-0.15, -0.1) is 0 Å². The normalized spacial score (nSPS) is 17.1. The van der Waals surface area contributed by atoms with E-state index in [1.807, 2.05) is 0 Å². The van der Waals surface area contributed by atoms with Crippen LogP contribution in [0.3, 0.4) is 0 Å². The minimum atomic E-state index is -1.34. The second kappa shape index (κ2) is 5.85. The second-order valence-corrected chi connectivity index (χ2v) is 3.66. The second-order valence-electron chi connectivity index (χ2n) is 3.66. The molecule has 18 heavy (non-hydrogen) atoms. The number of hydrogen-bond acceptors (Lipinski definition) is 5. The molecule has 0 saturated carbocycles. The van der Waals surface area contributed by atoms with Crippen LogP contribution in [0.25, 0.3) is 0 Å². The van der Waals surface area contributed by atoms with Gasteiger partial charge in [-0.25, -0.2) is 9.59 Å². The lowest BCUT2D eigenvalue weighted by Gasteiger charge is -1.97. The van der Waals surface area contributed by atoms with Gasteiger partial charge in [0, 0.05) is 6.42 Å². The van der Waals surface area contributed by atoms with Crippen LogP contribution in [0, 0.1) is 0 Å². The van der Waals surface area contributed by atoms with Crippen LogP contribution in [-0.2, 0) is 19.1 Å². The fourth-order valence-electron chi connectivity index (χ4n) is 1.46. The van der Waals surface area contributed by atoms with Crippen LogP contribution < -0.4 is 0 Å². The highest BCUT2D eigenvalue weighted by atomic mass is 16.6. The van der Waals surface area contributed by atoms with E-state index in [0.717, 1.165) is 0 Å². The summed E-state index contributed by atoms with van der Waals surface area (Å²) < 4.78 is 4.58. The Balaban J connectivity index is 2.63. The van der Waals surface area contributed by atoms with Crippen molar-refractivity contribution < 1.29 is 34.4 Å². The average Bonchev–Trinajstić information content (AvgIpc) is 2.49. The zero-order chi connectivity index (χ0) is 13.7. The Labute approximate surface area is 102 Å². The first-order valence-corrected chi connectivity index (χ1v) is 5.23. The monoisotopic (exact) mass is 256 g/mol. The summed E-state index contributed by atoms with van der Waals surface area (Å²) in [5, 5.41) is 26.5. The van der Waals surface area contributed by atoms with Gasteiger partial charge in [-0.2, -0.15) is 0 Å². The first-order chi connectivity index (χ1) is 8.41. The number of aliphatic hydroxyl groups excluding tert-OH is 1. The molecule has 0 radical (unpaired) electrons. The van der Waals surface area contributed by atoms with Crippen molar-refractivity contribution in [1.29, 1.82) is 0 Å². The van der Waals surface area contributed by atoms with Crippen molar-refractivity contribution in [2.75, 3.05) is 0 Å². The van der Waals surface area contributed by atoms with Crippen LogP contribution >= 0.6 is 0 Å². The molecule has 1 heterocycles. The summed E-state index contributed by atoms with van der Waals surface area (Å²) in [6.45, 7) is 0. The summed E-state index contributed by atoms with van der Waals surface area (Å²) in [6.07, 6.45) is 1.46. The van der Waals surface area contributed by atoms with Gasteiger partial charge >= 0.3 is 17.9 Å². The zero-order valence-electron chi connectivity index (χ0n) is 9.38. The summed E-state index contributed by atoms with van der Waals surface area (Å²) >= 11 is 0. The van der Waals surface area contributed by atoms with E-state index < -0.39 is 23.7 Å². The van der Waals surface area contributed by atoms with Crippen LogP contribution in [0.15, 0.2) is 23.2 Å². The predicted molar refractivity (Wildman–Crippen MR) is 57.6 cm³/mol. The zero-order valence-corrected chi connectivity index (χ0v) is 9.38. The van der Waals surface area contributed by atoms with Crippen LogP contribution in [0.5, 0.6) is 0 Å². The number of aliphatic carboxylic acids is 2. The number of carboxylic acids is 2. The molecule has 0 atom stereocenters. The largest absolute Gasteiger partial charge is 0.504 e. The summed E-state index contributed by atoms with van der Waals surface area (Å²) in [5.41, 5.74) is -0.0205. The number of cyclic esters (lactones) is 1. The molecule has 0 spiro atoms. The number of esters is 1. The molecule has 98 valence electrons. The summed E-state index contributed by atoms with van der Waals surface area (Å²) in [7, 11) is 0. The quantitative estimate of drug-likeness (QED) is 0.367. The lowest BCUT2D eigenvalue weighted by atomic mass is 10.1. The van der Waals surface area contributed by atoms with E-state index in [9.17, 15) is 19.5 Å². The van der Waals surface area contributed by atoms with Gasteiger partial charge in [0.1, 0.15) is 0 Å². The van der Waals surface area contributed by atoms with Crippen molar-refractivity contribution in [3.05, 3.63) is 23.2 Å². The Bertz CT molecular complexity index is 444. The van der Waals surface area contributed by atoms with Crippen molar-refractivity contribution in [3.63, 3.8) is 0 Å². The van der Waals surface area contributed by atoms with E-state index in [1.165, 1.54) is 0 Å². The van der Waals surface area contributed by atoms with Gasteiger partial charge in [0.2, 0.25) is 0 Å². The lowest BCUT2D eigenvalue weighted by Crippen LogP contribution is -2.00. The Kier molecular flexibility index (Phi) is 4.47. The van der Waals surface area contributed by atoms with Gasteiger partial charge in [0.25, 0.3) is 0 Å². The third kappa shape index (κ3) is 3.62. The fraction of sp³-hybridized carbons (Fsp3) is 0.364. The number of carbonyl (C=O) groups is 3. The Hall–Kier alpha value is -2.31. The molecule has 0 aliphatic carbocycles. The smallest absolute Gasteiger partial charge is 0.343 e. The van der Waals surface area contributed by atoms with Crippen molar-refractivity contribution >= 4 is 17.9 Å². The molecular weight excluding hydrogens is 244 g/mol. The molecule has 0 aromatic rings. The van der Waals surface area contributed by atoms with E-state index >= 15 is 0 Å². The van der Waals surface area contributed by atoms with Crippen LogP contribution in [-0.4, -0.2) is 33.2 Å². The topological polar surface area (TPSA) is 121 Å². The average molecular weight is 256 g/mol. The minimum Gasteiger partial charge on any atom is -0.504 e. The maximum Gasteiger partial charge on any atom is 0.343 e. The highest BCUT2D eigenvalue weighted by Gasteiger charge is 2.29. The van der Waals surface area contributed by atoms with Crippen LogP contribution in [0.4, 0.5) is 0 Å². The van der Waals surface area contributed by atoms with Crippen LogP contribution in [0.1, 0.15) is 25.7 Å². The maximum atomic E-state index is 11.3. The van der Waals surface area contributed by atoms with E-state index in [0.29, 0.717) is 18.9 Å². The molecule has 0 unspecified atom stereocenters. The third-order valence-electron chi connectivity index (χ3n) is 2.29. The summed E-state index contributed by atoms with van der Waals surface area (Å²) in [6, 6.07) is 0. The molecular formula is C11H12O7. The van der Waals surface area contributed by atoms with Crippen LogP contribution in [0.2, 0.25) is 0 Å². The first-order valence-electron chi connectivity index (χ1n) is 5.23. The summed E-state index contributed by atoms with van der Waals surface area (Å²) in [5.74, 6) is -3.95. The minimum absolute atomic E-state index is 0.0205. The van der Waals surface area contributed by atoms with Gasteiger partial charge in [0.15, 0.2) is 11.5 Å². The van der Waals surface area contributed by atoms with E-state index in [2.05, 4.69) is 4.74 Å². The van der Waals surface area contributed by atoms with E-state index in [-0.39, 0.29) is 24.2 Å². The van der Waals surface area contributed by atoms with Gasteiger partial charge < -0.3 is 20.1 Å². The number of hydrogen-bond donors (Lipinski definition) is 3. The highest BCUT2D eigenvalue weighted by molar-refractivity contribution is 5.95. The molecule has 0 aromatic heterocycles. The van der Waals surface area contributed by atoms with E-state index in [1.54, 1.807) is 0 Å². The summed E-state index contributed by atoms with van der Waals surface area (Å²) in [4.78, 5) is 32.0. The van der Waals surface area contributed by atoms with Crippen molar-refractivity contribution in [2.45, 2.75) is 25.7 Å². The van der Waals surface area contributed by atoms with Gasteiger partial charge in [-0.05, 0) is 19.3 Å². The number of carbonyl (C=O) groups excluding carboxylic acids is 1. The number of ether oxygens (including phenoxy) is 1. The van der Waals surface area contributed by atoms with E-state index in [4.69, 9.17) is 10.2 Å². The number of unbranched alkanes of at least 4 members (excludes halogenated alkanes) is 1. The standard InChI is InChI=1S/C11H12O7/c12-8(13)4-2-1-3-6-10(16)7(5-9(14)15)18-11(6)17/h5,16H,1-4H2,(H,12,13)(H,14,15). The lowest BCUT2D eigenvalue weighted by molar-refractivity contribution is -0.137. The number of aliphatic hydroxyl groups is 1. The van der Waals surface area contributed by atoms with Crippen molar-refractivity contribution in [1.82, 2.24) is 0 Å². The SMILES string of the molecule is O=C(O)C=C1OC(=O)C(CCCCC(=O)O)=C1O. The molecule has 0 fully saturated rings. The number of rotatable bonds is 6. The Morgan fingerprint density at radius 2 is 1.89 bits per heavy atom. The maximum absolute atomic E-state index is 11.3. The molecule has 7 nitrogen and oxygen atoms in total. The van der Waals surface area contributed by atoms with Gasteiger partial charge in [-0.1, -0.05) is 0 Å². The molecule has 7 heteroatoms. The molecule has 1 aliphatic heterocycles. The van der Waals surface area contributed by atoms with Crippen molar-refractivity contribution in [3.8, 4) is 0 Å². The number of carboxylic acid groups (broad SMARTS) is 2.